The normalized spacial score (nSPS) is 11.1. The second-order valence-corrected chi connectivity index (χ2v) is 5.10. The Morgan fingerprint density at radius 1 is 1.05 bits per heavy atom. The van der Waals surface area contributed by atoms with Gasteiger partial charge < -0.3 is 0 Å². The first-order chi connectivity index (χ1) is 9.19. The Morgan fingerprint density at radius 3 is 2.58 bits per heavy atom. The topological polar surface area (TPSA) is 17.8 Å². The van der Waals surface area contributed by atoms with E-state index in [4.69, 9.17) is 11.6 Å². The van der Waals surface area contributed by atoms with Crippen molar-refractivity contribution in [3.05, 3.63) is 59.4 Å². The Kier molecular flexibility index (Phi) is 3.03. The van der Waals surface area contributed by atoms with Gasteiger partial charge in [-0.05, 0) is 49.2 Å². The predicted octanol–water partition coefficient (Wildman–Crippen LogP) is 4.38. The van der Waals surface area contributed by atoms with Crippen molar-refractivity contribution < 1.29 is 0 Å². The van der Waals surface area contributed by atoms with Crippen molar-refractivity contribution in [2.75, 3.05) is 0 Å². The summed E-state index contributed by atoms with van der Waals surface area (Å²) in [4.78, 5) is 4.61. The first-order valence-corrected chi connectivity index (χ1v) is 6.83. The first-order valence-electron chi connectivity index (χ1n) is 6.30. The maximum absolute atomic E-state index is 6.05. The van der Waals surface area contributed by atoms with Gasteiger partial charge in [-0.3, -0.25) is 4.57 Å². The van der Waals surface area contributed by atoms with Crippen LogP contribution in [-0.4, -0.2) is 9.55 Å². The fraction of sp³-hybridized carbons (Fsp3) is 0.188. The van der Waals surface area contributed by atoms with Crippen molar-refractivity contribution in [2.24, 2.45) is 0 Å². The van der Waals surface area contributed by atoms with Gasteiger partial charge in [-0.1, -0.05) is 18.2 Å². The van der Waals surface area contributed by atoms with Gasteiger partial charge in [0.25, 0.3) is 0 Å². The molecule has 0 atom stereocenters. The maximum atomic E-state index is 6.05. The molecule has 0 radical (unpaired) electrons. The summed E-state index contributed by atoms with van der Waals surface area (Å²) < 4.78 is 2.14. The van der Waals surface area contributed by atoms with Crippen molar-refractivity contribution >= 4 is 22.6 Å². The monoisotopic (exact) mass is 270 g/mol. The summed E-state index contributed by atoms with van der Waals surface area (Å²) in [5.41, 5.74) is 5.67. The van der Waals surface area contributed by atoms with E-state index in [2.05, 4.69) is 59.8 Å². The van der Waals surface area contributed by atoms with Gasteiger partial charge in [0.15, 0.2) is 0 Å². The van der Waals surface area contributed by atoms with Crippen molar-refractivity contribution in [3.63, 3.8) is 0 Å². The largest absolute Gasteiger partial charge is 0.295 e. The molecular formula is C16H15ClN2. The van der Waals surface area contributed by atoms with Gasteiger partial charge in [-0.25, -0.2) is 4.98 Å². The lowest BCUT2D eigenvalue weighted by Crippen LogP contribution is -1.99. The summed E-state index contributed by atoms with van der Waals surface area (Å²) in [6.45, 7) is 4.18. The number of aryl methyl sites for hydroxylation is 2. The van der Waals surface area contributed by atoms with Gasteiger partial charge in [-0.15, -0.1) is 11.6 Å². The quantitative estimate of drug-likeness (QED) is 0.632. The highest BCUT2D eigenvalue weighted by Crippen LogP contribution is 2.24. The molecule has 3 aromatic rings. The molecule has 0 saturated heterocycles. The second kappa shape index (κ2) is 4.71. The fourth-order valence-electron chi connectivity index (χ4n) is 2.38. The Bertz CT molecular complexity index is 744. The maximum Gasteiger partial charge on any atom is 0.129 e. The lowest BCUT2D eigenvalue weighted by Gasteiger charge is -2.08. The standard InChI is InChI=1S/C16H15ClN2/c1-11-4-3-5-13(8-11)19-15-9-12(2)6-7-14(15)18-16(19)10-17/h3-9H,10H2,1-2H3. The number of fused-ring (bicyclic) bond motifs is 1. The van der Waals surface area contributed by atoms with E-state index in [1.807, 2.05) is 6.07 Å². The van der Waals surface area contributed by atoms with Crippen molar-refractivity contribution in [3.8, 4) is 5.69 Å². The predicted molar refractivity (Wildman–Crippen MR) is 80.1 cm³/mol. The van der Waals surface area contributed by atoms with E-state index < -0.39 is 0 Å². The smallest absolute Gasteiger partial charge is 0.129 e. The van der Waals surface area contributed by atoms with Crippen LogP contribution in [0.5, 0.6) is 0 Å². The van der Waals surface area contributed by atoms with Crippen LogP contribution in [0, 0.1) is 13.8 Å². The number of nitrogens with zero attached hydrogens (tertiary/aromatic N) is 2. The lowest BCUT2D eigenvalue weighted by molar-refractivity contribution is 0.980. The zero-order valence-electron chi connectivity index (χ0n) is 11.0. The summed E-state index contributed by atoms with van der Waals surface area (Å²) >= 11 is 6.05. The molecule has 3 heteroatoms. The molecule has 0 aliphatic heterocycles. The number of alkyl halides is 1. The molecule has 0 aliphatic carbocycles. The molecule has 1 heterocycles. The van der Waals surface area contributed by atoms with Gasteiger partial charge in [0.2, 0.25) is 0 Å². The van der Waals surface area contributed by atoms with Gasteiger partial charge in [0, 0.05) is 5.69 Å². The minimum atomic E-state index is 0.404. The average molecular weight is 271 g/mol. The van der Waals surface area contributed by atoms with Crippen LogP contribution in [0.25, 0.3) is 16.7 Å². The molecule has 0 N–H and O–H groups in total. The minimum Gasteiger partial charge on any atom is -0.295 e. The summed E-state index contributed by atoms with van der Waals surface area (Å²) in [5.74, 6) is 1.29. The minimum absolute atomic E-state index is 0.404. The van der Waals surface area contributed by atoms with E-state index in [0.29, 0.717) is 5.88 Å². The summed E-state index contributed by atoms with van der Waals surface area (Å²) in [6.07, 6.45) is 0. The Morgan fingerprint density at radius 2 is 1.84 bits per heavy atom. The van der Waals surface area contributed by atoms with Crippen molar-refractivity contribution in [2.45, 2.75) is 19.7 Å². The Balaban J connectivity index is 2.34. The third-order valence-corrected chi connectivity index (χ3v) is 3.50. The van der Waals surface area contributed by atoms with Gasteiger partial charge in [-0.2, -0.15) is 0 Å². The number of halogens is 1. The summed E-state index contributed by atoms with van der Waals surface area (Å²) in [5, 5.41) is 0. The molecular weight excluding hydrogens is 256 g/mol. The SMILES string of the molecule is Cc1cccc(-n2c(CCl)nc3ccc(C)cc32)c1. The van der Waals surface area contributed by atoms with E-state index in [1.54, 1.807) is 0 Å². The van der Waals surface area contributed by atoms with Crippen LogP contribution in [-0.2, 0) is 5.88 Å². The highest BCUT2D eigenvalue weighted by atomic mass is 35.5. The summed E-state index contributed by atoms with van der Waals surface area (Å²) in [6, 6.07) is 14.7. The number of rotatable bonds is 2. The van der Waals surface area contributed by atoms with E-state index in [-0.39, 0.29) is 0 Å². The number of hydrogen-bond acceptors (Lipinski definition) is 1. The van der Waals surface area contributed by atoms with Crippen LogP contribution < -0.4 is 0 Å². The van der Waals surface area contributed by atoms with Gasteiger partial charge >= 0.3 is 0 Å². The first kappa shape index (κ1) is 12.2. The zero-order chi connectivity index (χ0) is 13.4. The molecule has 0 saturated carbocycles. The van der Waals surface area contributed by atoms with E-state index >= 15 is 0 Å². The van der Waals surface area contributed by atoms with E-state index in [1.165, 1.54) is 11.1 Å². The van der Waals surface area contributed by atoms with Crippen molar-refractivity contribution in [1.82, 2.24) is 9.55 Å². The molecule has 0 spiro atoms. The van der Waals surface area contributed by atoms with Crippen LogP contribution >= 0.6 is 11.6 Å². The molecule has 2 nitrogen and oxygen atoms in total. The number of imidazole rings is 1. The Hall–Kier alpha value is -1.80. The van der Waals surface area contributed by atoms with E-state index in [9.17, 15) is 0 Å². The average Bonchev–Trinajstić information content (AvgIpc) is 2.76. The number of aromatic nitrogens is 2. The molecule has 96 valence electrons. The molecule has 0 fully saturated rings. The molecule has 1 aromatic heterocycles. The van der Waals surface area contributed by atoms with Crippen LogP contribution in [0.2, 0.25) is 0 Å². The van der Waals surface area contributed by atoms with Crippen LogP contribution in [0.4, 0.5) is 0 Å². The highest BCUT2D eigenvalue weighted by Gasteiger charge is 2.11. The number of hydrogen-bond donors (Lipinski definition) is 0. The summed E-state index contributed by atoms with van der Waals surface area (Å²) in [7, 11) is 0. The number of benzene rings is 2. The molecule has 2 aromatic carbocycles. The van der Waals surface area contributed by atoms with Crippen LogP contribution in [0.15, 0.2) is 42.5 Å². The molecule has 3 rings (SSSR count). The second-order valence-electron chi connectivity index (χ2n) is 4.83. The molecule has 0 aliphatic rings. The third-order valence-electron chi connectivity index (χ3n) is 3.26. The molecule has 0 amide bonds. The van der Waals surface area contributed by atoms with Crippen LogP contribution in [0.3, 0.4) is 0 Å². The molecule has 0 unspecified atom stereocenters. The Labute approximate surface area is 117 Å². The van der Waals surface area contributed by atoms with Crippen molar-refractivity contribution in [1.29, 1.82) is 0 Å². The zero-order valence-corrected chi connectivity index (χ0v) is 11.8. The van der Waals surface area contributed by atoms with Gasteiger partial charge in [0.1, 0.15) is 5.82 Å². The highest BCUT2D eigenvalue weighted by molar-refractivity contribution is 6.17. The lowest BCUT2D eigenvalue weighted by atomic mass is 10.2. The van der Waals surface area contributed by atoms with Gasteiger partial charge in [0.05, 0.1) is 16.9 Å². The molecule has 0 bridgehead atoms. The third kappa shape index (κ3) is 2.13. The van der Waals surface area contributed by atoms with Crippen LogP contribution in [0.1, 0.15) is 17.0 Å². The van der Waals surface area contributed by atoms with E-state index in [0.717, 1.165) is 22.5 Å². The molecule has 19 heavy (non-hydrogen) atoms. The fourth-order valence-corrected chi connectivity index (χ4v) is 2.56.